The molecular weight excluding hydrogens is 386 g/mol. The Kier molecular flexibility index (Phi) is 4.59. The lowest BCUT2D eigenvalue weighted by molar-refractivity contribution is -0.385. The second kappa shape index (κ2) is 7.25. The molecule has 0 saturated carbocycles. The zero-order valence-electron chi connectivity index (χ0n) is 15.8. The fraction of sp³-hybridized carbons (Fsp3) is 0.0455. The van der Waals surface area contributed by atoms with Gasteiger partial charge in [-0.15, -0.1) is 0 Å². The average molecular weight is 401 g/mol. The van der Waals surface area contributed by atoms with Crippen molar-refractivity contribution >= 4 is 34.8 Å². The summed E-state index contributed by atoms with van der Waals surface area (Å²) in [6.45, 7) is 1.59. The first-order chi connectivity index (χ1) is 14.4. The largest absolute Gasteiger partial charge is 0.322 e. The third-order valence-electron chi connectivity index (χ3n) is 4.82. The van der Waals surface area contributed by atoms with Gasteiger partial charge in [0.2, 0.25) is 0 Å². The minimum atomic E-state index is -0.547. The van der Waals surface area contributed by atoms with Crippen LogP contribution in [0.1, 0.15) is 36.6 Å². The van der Waals surface area contributed by atoms with Gasteiger partial charge in [0, 0.05) is 22.9 Å². The predicted molar refractivity (Wildman–Crippen MR) is 110 cm³/mol. The highest BCUT2D eigenvalue weighted by Crippen LogP contribution is 2.30. The van der Waals surface area contributed by atoms with Gasteiger partial charge in [-0.3, -0.25) is 24.5 Å². The fourth-order valence-electron chi connectivity index (χ4n) is 3.30. The molecule has 0 fully saturated rings. The summed E-state index contributed by atoms with van der Waals surface area (Å²) in [7, 11) is 0. The van der Waals surface area contributed by atoms with Crippen molar-refractivity contribution < 1.29 is 19.3 Å². The van der Waals surface area contributed by atoms with Gasteiger partial charge in [0.15, 0.2) is 0 Å². The Hall–Kier alpha value is -4.33. The maximum absolute atomic E-state index is 12.6. The molecule has 3 aromatic rings. The highest BCUT2D eigenvalue weighted by Gasteiger charge is 2.36. The molecule has 0 saturated heterocycles. The van der Waals surface area contributed by atoms with Crippen molar-refractivity contribution in [3.05, 3.63) is 99.1 Å². The van der Waals surface area contributed by atoms with E-state index in [2.05, 4.69) is 5.32 Å². The lowest BCUT2D eigenvalue weighted by Crippen LogP contribution is -2.29. The maximum atomic E-state index is 12.6. The third-order valence-corrected chi connectivity index (χ3v) is 4.82. The number of hydrogen-bond donors (Lipinski definition) is 1. The van der Waals surface area contributed by atoms with E-state index >= 15 is 0 Å². The Morgan fingerprint density at radius 2 is 1.60 bits per heavy atom. The van der Waals surface area contributed by atoms with E-state index in [1.165, 1.54) is 24.3 Å². The maximum Gasteiger partial charge on any atom is 0.273 e. The number of nitro groups is 1. The molecule has 148 valence electrons. The molecule has 1 heterocycles. The normalized spacial score (nSPS) is 12.6. The first-order valence-electron chi connectivity index (χ1n) is 9.01. The molecule has 1 aliphatic heterocycles. The van der Waals surface area contributed by atoms with Gasteiger partial charge in [-0.2, -0.15) is 0 Å². The molecule has 0 aliphatic carbocycles. The zero-order chi connectivity index (χ0) is 21.4. The number of amides is 3. The van der Waals surface area contributed by atoms with E-state index in [9.17, 15) is 24.5 Å². The van der Waals surface area contributed by atoms with Crippen molar-refractivity contribution in [1.29, 1.82) is 0 Å². The standard InChI is InChI=1S/C22H15N3O5/c1-13-9-10-14(11-19(13)25(29)30)20(26)23-15-5-4-6-16(12-15)24-21(27)17-7-2-3-8-18(17)22(24)28/h2-12H,1H3,(H,23,26). The first-order valence-corrected chi connectivity index (χ1v) is 9.01. The van der Waals surface area contributed by atoms with Gasteiger partial charge in [-0.05, 0) is 43.3 Å². The number of nitrogens with one attached hydrogen (secondary N) is 1. The van der Waals surface area contributed by atoms with Crippen LogP contribution in [0.25, 0.3) is 0 Å². The minimum Gasteiger partial charge on any atom is -0.322 e. The summed E-state index contributed by atoms with van der Waals surface area (Å²) in [6, 6.07) is 17.0. The van der Waals surface area contributed by atoms with Gasteiger partial charge >= 0.3 is 0 Å². The number of nitrogens with zero attached hydrogens (tertiary/aromatic N) is 2. The van der Waals surface area contributed by atoms with Crippen molar-refractivity contribution in [3.8, 4) is 0 Å². The average Bonchev–Trinajstić information content (AvgIpc) is 2.99. The Balaban J connectivity index is 1.60. The van der Waals surface area contributed by atoms with E-state index in [1.54, 1.807) is 49.4 Å². The lowest BCUT2D eigenvalue weighted by Gasteiger charge is -2.15. The number of carbonyl (C=O) groups is 3. The molecule has 0 aromatic heterocycles. The van der Waals surface area contributed by atoms with Crippen molar-refractivity contribution in [3.63, 3.8) is 0 Å². The number of anilines is 2. The lowest BCUT2D eigenvalue weighted by atomic mass is 10.1. The highest BCUT2D eigenvalue weighted by molar-refractivity contribution is 6.34. The molecule has 3 amide bonds. The van der Waals surface area contributed by atoms with Crippen LogP contribution >= 0.6 is 0 Å². The number of carbonyl (C=O) groups excluding carboxylic acids is 3. The molecule has 0 spiro atoms. The van der Waals surface area contributed by atoms with Crippen LogP contribution in [0.3, 0.4) is 0 Å². The SMILES string of the molecule is Cc1ccc(C(=O)Nc2cccc(N3C(=O)c4ccccc4C3=O)c2)cc1[N+](=O)[O-]. The Bertz CT molecular complexity index is 1200. The molecule has 8 nitrogen and oxygen atoms in total. The van der Waals surface area contributed by atoms with Crippen LogP contribution in [0, 0.1) is 17.0 Å². The summed E-state index contributed by atoms with van der Waals surface area (Å²) < 4.78 is 0. The van der Waals surface area contributed by atoms with Crippen LogP contribution < -0.4 is 10.2 Å². The molecule has 4 rings (SSSR count). The fourth-order valence-corrected chi connectivity index (χ4v) is 3.30. The molecule has 1 aliphatic rings. The number of hydrogen-bond acceptors (Lipinski definition) is 5. The number of rotatable bonds is 4. The Morgan fingerprint density at radius 3 is 2.23 bits per heavy atom. The quantitative estimate of drug-likeness (QED) is 0.404. The number of aryl methyl sites for hydroxylation is 1. The van der Waals surface area contributed by atoms with Crippen LogP contribution in [0.4, 0.5) is 17.1 Å². The molecular formula is C22H15N3O5. The van der Waals surface area contributed by atoms with Gasteiger partial charge in [0.05, 0.1) is 21.7 Å². The summed E-state index contributed by atoms with van der Waals surface area (Å²) in [5.41, 5.74) is 1.73. The Morgan fingerprint density at radius 1 is 0.933 bits per heavy atom. The minimum absolute atomic E-state index is 0.124. The molecule has 0 atom stereocenters. The van der Waals surface area contributed by atoms with E-state index in [0.29, 0.717) is 28.1 Å². The molecule has 1 N–H and O–H groups in total. The van der Waals surface area contributed by atoms with E-state index in [4.69, 9.17) is 0 Å². The van der Waals surface area contributed by atoms with Crippen molar-refractivity contribution in [1.82, 2.24) is 0 Å². The van der Waals surface area contributed by atoms with Gasteiger partial charge in [0.25, 0.3) is 23.4 Å². The van der Waals surface area contributed by atoms with Crippen molar-refractivity contribution in [2.24, 2.45) is 0 Å². The topological polar surface area (TPSA) is 110 Å². The van der Waals surface area contributed by atoms with E-state index < -0.39 is 22.6 Å². The number of imide groups is 1. The van der Waals surface area contributed by atoms with Gasteiger partial charge < -0.3 is 5.32 Å². The smallest absolute Gasteiger partial charge is 0.273 e. The number of benzene rings is 3. The van der Waals surface area contributed by atoms with E-state index in [0.717, 1.165) is 4.90 Å². The molecule has 0 bridgehead atoms. The number of fused-ring (bicyclic) bond motifs is 1. The predicted octanol–water partition coefficient (Wildman–Crippen LogP) is 3.96. The molecule has 3 aromatic carbocycles. The molecule has 0 radical (unpaired) electrons. The van der Waals surface area contributed by atoms with Gasteiger partial charge in [0.1, 0.15) is 0 Å². The van der Waals surface area contributed by atoms with Gasteiger partial charge in [-0.25, -0.2) is 4.90 Å². The number of nitro benzene ring substituents is 1. The van der Waals surface area contributed by atoms with Crippen LogP contribution in [-0.2, 0) is 0 Å². The molecule has 0 unspecified atom stereocenters. The van der Waals surface area contributed by atoms with Crippen LogP contribution in [0.15, 0.2) is 66.7 Å². The van der Waals surface area contributed by atoms with Crippen molar-refractivity contribution in [2.75, 3.05) is 10.2 Å². The van der Waals surface area contributed by atoms with Crippen molar-refractivity contribution in [2.45, 2.75) is 6.92 Å². The Labute approximate surface area is 170 Å². The van der Waals surface area contributed by atoms with E-state index in [-0.39, 0.29) is 11.3 Å². The zero-order valence-corrected chi connectivity index (χ0v) is 15.8. The van der Waals surface area contributed by atoms with Crippen LogP contribution in [0.2, 0.25) is 0 Å². The first kappa shape index (κ1) is 19.0. The summed E-state index contributed by atoms with van der Waals surface area (Å²) in [5.74, 6) is -1.42. The monoisotopic (exact) mass is 401 g/mol. The summed E-state index contributed by atoms with van der Waals surface area (Å²) in [4.78, 5) is 49.5. The second-order valence-corrected chi connectivity index (χ2v) is 6.75. The van der Waals surface area contributed by atoms with E-state index in [1.807, 2.05) is 0 Å². The highest BCUT2D eigenvalue weighted by atomic mass is 16.6. The van der Waals surface area contributed by atoms with Crippen LogP contribution in [-0.4, -0.2) is 22.6 Å². The molecule has 30 heavy (non-hydrogen) atoms. The third kappa shape index (κ3) is 3.20. The van der Waals surface area contributed by atoms with Gasteiger partial charge in [-0.1, -0.05) is 24.3 Å². The summed E-state index contributed by atoms with van der Waals surface area (Å²) >= 11 is 0. The molecule has 8 heteroatoms. The summed E-state index contributed by atoms with van der Waals surface area (Å²) in [6.07, 6.45) is 0. The summed E-state index contributed by atoms with van der Waals surface area (Å²) in [5, 5.41) is 13.8. The second-order valence-electron chi connectivity index (χ2n) is 6.75. The van der Waals surface area contributed by atoms with Crippen LogP contribution in [0.5, 0.6) is 0 Å².